The molecule has 0 amide bonds. The maximum atomic E-state index is 12.9. The summed E-state index contributed by atoms with van der Waals surface area (Å²) in [4.78, 5) is 2.73. The van der Waals surface area contributed by atoms with Gasteiger partial charge in [0.1, 0.15) is 11.6 Å². The summed E-state index contributed by atoms with van der Waals surface area (Å²) in [6.07, 6.45) is -4.89. The predicted molar refractivity (Wildman–Crippen MR) is 35.6 cm³/mol. The third-order valence-electron chi connectivity index (χ3n) is 1.27. The molecule has 0 saturated carbocycles. The van der Waals surface area contributed by atoms with E-state index in [2.05, 4.69) is 9.72 Å². The average molecular weight is 224 g/mol. The van der Waals surface area contributed by atoms with Crippen molar-refractivity contribution in [2.45, 2.75) is 6.36 Å². The van der Waals surface area contributed by atoms with Gasteiger partial charge in [-0.25, -0.2) is 9.37 Å². The first-order valence-electron chi connectivity index (χ1n) is 3.35. The molecule has 15 heavy (non-hydrogen) atoms. The fourth-order valence-corrected chi connectivity index (χ4v) is 0.732. The molecule has 1 rings (SSSR count). The zero-order valence-corrected chi connectivity index (χ0v) is 6.77. The lowest BCUT2D eigenvalue weighted by Gasteiger charge is -2.08. The highest BCUT2D eigenvalue weighted by Gasteiger charge is 2.34. The fraction of sp³-hybridized carbons (Fsp3) is 0.143. The number of rotatable bonds is 1. The van der Waals surface area contributed by atoms with Gasteiger partial charge in [-0.2, -0.15) is 9.65 Å². The molecule has 0 aliphatic carbocycles. The predicted octanol–water partition coefficient (Wildman–Crippen LogP) is 2.13. The smallest absolute Gasteiger partial charge is 0.385 e. The lowest BCUT2D eigenvalue weighted by Crippen LogP contribution is -2.19. The Morgan fingerprint density at radius 3 is 2.40 bits per heavy atom. The third-order valence-corrected chi connectivity index (χ3v) is 1.27. The van der Waals surface area contributed by atoms with Gasteiger partial charge in [-0.05, 0) is 0 Å². The fourth-order valence-electron chi connectivity index (χ4n) is 0.732. The Bertz CT molecular complexity index is 423. The monoisotopic (exact) mass is 224 g/mol. The van der Waals surface area contributed by atoms with Crippen LogP contribution in [0, 0.1) is 23.0 Å². The van der Waals surface area contributed by atoms with E-state index in [-0.39, 0.29) is 6.20 Å². The van der Waals surface area contributed by atoms with Crippen molar-refractivity contribution in [2.75, 3.05) is 0 Å². The number of hydrogen-bond donors (Lipinski definition) is 0. The molecule has 0 saturated heterocycles. The molecule has 1 aromatic rings. The number of nitrogens with zero attached hydrogens (tertiary/aromatic N) is 2. The minimum absolute atomic E-state index is 0.267. The number of nitriles is 1. The van der Waals surface area contributed by atoms with Crippen LogP contribution in [0.1, 0.15) is 5.56 Å². The molecule has 1 aromatic heterocycles. The maximum Gasteiger partial charge on any atom is 0.574 e. The van der Waals surface area contributed by atoms with E-state index >= 15 is 0 Å². The van der Waals surface area contributed by atoms with Crippen LogP contribution in [0.15, 0.2) is 6.20 Å². The molecule has 0 aliphatic rings. The second-order valence-electron chi connectivity index (χ2n) is 2.26. The van der Waals surface area contributed by atoms with Crippen molar-refractivity contribution in [3.63, 3.8) is 0 Å². The molecule has 0 fully saturated rings. The van der Waals surface area contributed by atoms with Crippen molar-refractivity contribution in [3.8, 4) is 11.9 Å². The van der Waals surface area contributed by atoms with Crippen molar-refractivity contribution >= 4 is 0 Å². The van der Waals surface area contributed by atoms with E-state index in [9.17, 15) is 22.0 Å². The van der Waals surface area contributed by atoms with Crippen molar-refractivity contribution in [3.05, 3.63) is 23.4 Å². The average Bonchev–Trinajstić information content (AvgIpc) is 2.09. The Balaban J connectivity index is 3.18. The Morgan fingerprint density at radius 1 is 1.33 bits per heavy atom. The number of ether oxygens (including phenoxy) is 1. The molecule has 8 heteroatoms. The number of aromatic nitrogens is 1. The summed E-state index contributed by atoms with van der Waals surface area (Å²) >= 11 is 0. The Labute approximate surface area is 79.7 Å². The van der Waals surface area contributed by atoms with Crippen LogP contribution >= 0.6 is 0 Å². The summed E-state index contributed by atoms with van der Waals surface area (Å²) in [6.45, 7) is 0. The van der Waals surface area contributed by atoms with Gasteiger partial charge in [-0.1, -0.05) is 0 Å². The van der Waals surface area contributed by atoms with Gasteiger partial charge >= 0.3 is 6.36 Å². The van der Waals surface area contributed by atoms with E-state index in [1.165, 1.54) is 0 Å². The summed E-state index contributed by atoms with van der Waals surface area (Å²) in [5.74, 6) is -4.63. The lowest BCUT2D eigenvalue weighted by atomic mass is 10.2. The van der Waals surface area contributed by atoms with Crippen LogP contribution in [0.4, 0.5) is 22.0 Å². The van der Waals surface area contributed by atoms with Gasteiger partial charge in [0.15, 0.2) is 5.82 Å². The summed E-state index contributed by atoms with van der Waals surface area (Å²) in [7, 11) is 0. The van der Waals surface area contributed by atoms with Crippen molar-refractivity contribution in [1.82, 2.24) is 4.98 Å². The minimum Gasteiger partial charge on any atom is -0.385 e. The van der Waals surface area contributed by atoms with Crippen LogP contribution in [0.2, 0.25) is 0 Å². The van der Waals surface area contributed by atoms with Gasteiger partial charge in [0.2, 0.25) is 5.82 Å². The first-order valence-corrected chi connectivity index (χ1v) is 3.35. The normalized spacial score (nSPS) is 10.9. The van der Waals surface area contributed by atoms with E-state index in [0.717, 1.165) is 6.07 Å². The second-order valence-corrected chi connectivity index (χ2v) is 2.26. The summed E-state index contributed by atoms with van der Waals surface area (Å²) in [5, 5.41) is 8.23. The molecular formula is C7HF5N2O. The van der Waals surface area contributed by atoms with Crippen LogP contribution < -0.4 is 4.74 Å². The van der Waals surface area contributed by atoms with Gasteiger partial charge in [-0.15, -0.1) is 13.2 Å². The summed E-state index contributed by atoms with van der Waals surface area (Å²) < 4.78 is 63.6. The standard InChI is InChI=1S/C7HF5N2O/c8-4-2-14-6(15-7(10,11)12)5(9)3(4)1-13/h2H. The highest BCUT2D eigenvalue weighted by Crippen LogP contribution is 2.25. The Morgan fingerprint density at radius 2 is 1.93 bits per heavy atom. The number of pyridine rings is 1. The van der Waals surface area contributed by atoms with Crippen LogP contribution in [-0.2, 0) is 0 Å². The van der Waals surface area contributed by atoms with Gasteiger partial charge in [0.25, 0.3) is 5.88 Å². The van der Waals surface area contributed by atoms with Crippen molar-refractivity contribution in [2.24, 2.45) is 0 Å². The quantitative estimate of drug-likeness (QED) is 0.686. The SMILES string of the molecule is N#Cc1c(F)cnc(OC(F)(F)F)c1F. The Kier molecular flexibility index (Phi) is 2.74. The van der Waals surface area contributed by atoms with Gasteiger partial charge < -0.3 is 4.74 Å². The van der Waals surface area contributed by atoms with Gasteiger partial charge in [-0.3, -0.25) is 0 Å². The van der Waals surface area contributed by atoms with Crippen LogP contribution in [0.3, 0.4) is 0 Å². The molecule has 0 N–H and O–H groups in total. The lowest BCUT2D eigenvalue weighted by molar-refractivity contribution is -0.277. The minimum atomic E-state index is -5.15. The number of alkyl halides is 3. The molecule has 0 unspecified atom stereocenters. The topological polar surface area (TPSA) is 45.9 Å². The highest BCUT2D eigenvalue weighted by atomic mass is 19.4. The summed E-state index contributed by atoms with van der Waals surface area (Å²) in [5.41, 5.74) is -1.18. The van der Waals surface area contributed by atoms with E-state index in [4.69, 9.17) is 5.26 Å². The van der Waals surface area contributed by atoms with E-state index < -0.39 is 29.4 Å². The molecule has 0 aliphatic heterocycles. The van der Waals surface area contributed by atoms with Crippen molar-refractivity contribution in [1.29, 1.82) is 5.26 Å². The molecular weight excluding hydrogens is 223 g/mol. The van der Waals surface area contributed by atoms with E-state index in [1.54, 1.807) is 0 Å². The second kappa shape index (κ2) is 3.68. The molecule has 1 heterocycles. The molecule has 0 bridgehead atoms. The number of hydrogen-bond acceptors (Lipinski definition) is 3. The third kappa shape index (κ3) is 2.52. The Hall–Kier alpha value is -1.91. The molecule has 0 radical (unpaired) electrons. The van der Waals surface area contributed by atoms with Gasteiger partial charge in [0.05, 0.1) is 6.20 Å². The largest absolute Gasteiger partial charge is 0.574 e. The van der Waals surface area contributed by atoms with Crippen molar-refractivity contribution < 1.29 is 26.7 Å². The highest BCUT2D eigenvalue weighted by molar-refractivity contribution is 5.35. The molecule has 80 valence electrons. The molecule has 0 aromatic carbocycles. The molecule has 0 spiro atoms. The van der Waals surface area contributed by atoms with E-state index in [0.29, 0.717) is 0 Å². The van der Waals surface area contributed by atoms with Crippen LogP contribution in [-0.4, -0.2) is 11.3 Å². The first kappa shape index (κ1) is 11.2. The van der Waals surface area contributed by atoms with Gasteiger partial charge in [0, 0.05) is 0 Å². The molecule has 0 atom stereocenters. The summed E-state index contributed by atoms with van der Waals surface area (Å²) in [6, 6.07) is 1.05. The van der Waals surface area contributed by atoms with Crippen LogP contribution in [0.25, 0.3) is 0 Å². The first-order chi connectivity index (χ1) is 6.85. The zero-order chi connectivity index (χ0) is 11.6. The molecule has 3 nitrogen and oxygen atoms in total. The van der Waals surface area contributed by atoms with E-state index in [1.807, 2.05) is 0 Å². The zero-order valence-electron chi connectivity index (χ0n) is 6.77. The van der Waals surface area contributed by atoms with Crippen LogP contribution in [0.5, 0.6) is 5.88 Å². The maximum absolute atomic E-state index is 12.9. The number of halogens is 5.